The van der Waals surface area contributed by atoms with Crippen molar-refractivity contribution < 1.29 is 10.0 Å². The van der Waals surface area contributed by atoms with E-state index in [1.165, 1.54) is 6.20 Å². The van der Waals surface area contributed by atoms with Crippen LogP contribution in [0.2, 0.25) is 0 Å². The smallest absolute Gasteiger partial charge is 0.335 e. The number of aliphatic hydroxyl groups is 1. The van der Waals surface area contributed by atoms with Crippen molar-refractivity contribution in [3.63, 3.8) is 0 Å². The van der Waals surface area contributed by atoms with E-state index in [1.54, 1.807) is 0 Å². The Bertz CT molecular complexity index is 503. The zero-order valence-electron chi connectivity index (χ0n) is 10.5. The number of rotatable bonds is 7. The molecule has 0 radical (unpaired) electrons. The topological polar surface area (TPSA) is 97.4 Å². The summed E-state index contributed by atoms with van der Waals surface area (Å²) in [6, 6.07) is 1.15. The first-order valence-corrected chi connectivity index (χ1v) is 6.68. The number of nitrogens with one attached hydrogen (secondary N) is 1. The van der Waals surface area contributed by atoms with Gasteiger partial charge in [0.05, 0.1) is 17.6 Å². The standard InChI is InChI=1S/C11H16BrN3O4/c1-2-3-13-5-9(16)7-14-6-8(12)4-10(11(14)17)15(18)19/h4,6,9,13,16H,2-3,5,7H2,1H3. The summed E-state index contributed by atoms with van der Waals surface area (Å²) in [5, 5.41) is 23.5. The average molecular weight is 334 g/mol. The van der Waals surface area contributed by atoms with Crippen LogP contribution in [0.25, 0.3) is 0 Å². The van der Waals surface area contributed by atoms with Crippen LogP contribution in [0.1, 0.15) is 13.3 Å². The van der Waals surface area contributed by atoms with Gasteiger partial charge in [-0.05, 0) is 28.9 Å². The second-order valence-corrected chi connectivity index (χ2v) is 5.03. The maximum atomic E-state index is 11.8. The van der Waals surface area contributed by atoms with Gasteiger partial charge in [-0.25, -0.2) is 0 Å². The van der Waals surface area contributed by atoms with Gasteiger partial charge in [0.2, 0.25) is 0 Å². The third-order valence-corrected chi connectivity index (χ3v) is 2.88. The first-order chi connectivity index (χ1) is 8.95. The highest BCUT2D eigenvalue weighted by molar-refractivity contribution is 9.10. The molecule has 0 amide bonds. The molecule has 1 unspecified atom stereocenters. The zero-order valence-corrected chi connectivity index (χ0v) is 12.1. The summed E-state index contributed by atoms with van der Waals surface area (Å²) in [6.07, 6.45) is 1.59. The molecule has 1 aromatic heterocycles. The van der Waals surface area contributed by atoms with E-state index in [0.717, 1.165) is 23.6 Å². The molecule has 19 heavy (non-hydrogen) atoms. The molecule has 0 aromatic carbocycles. The van der Waals surface area contributed by atoms with Crippen molar-refractivity contribution in [1.82, 2.24) is 9.88 Å². The van der Waals surface area contributed by atoms with Crippen LogP contribution in [0.3, 0.4) is 0 Å². The molecule has 0 fully saturated rings. The minimum absolute atomic E-state index is 0.00975. The Hall–Kier alpha value is -1.25. The van der Waals surface area contributed by atoms with E-state index >= 15 is 0 Å². The lowest BCUT2D eigenvalue weighted by Crippen LogP contribution is -2.34. The molecule has 8 heteroatoms. The molecule has 0 aliphatic rings. The molecule has 106 valence electrons. The van der Waals surface area contributed by atoms with Gasteiger partial charge in [-0.2, -0.15) is 0 Å². The Morgan fingerprint density at radius 1 is 1.63 bits per heavy atom. The average Bonchev–Trinajstić information content (AvgIpc) is 2.33. The van der Waals surface area contributed by atoms with Gasteiger partial charge in [0.15, 0.2) is 0 Å². The van der Waals surface area contributed by atoms with Gasteiger partial charge in [0, 0.05) is 23.3 Å². The molecule has 0 bridgehead atoms. The molecule has 0 saturated heterocycles. The van der Waals surface area contributed by atoms with E-state index < -0.39 is 22.3 Å². The van der Waals surface area contributed by atoms with Gasteiger partial charge in [0.25, 0.3) is 0 Å². The molecule has 7 nitrogen and oxygen atoms in total. The minimum Gasteiger partial charge on any atom is -0.390 e. The maximum absolute atomic E-state index is 11.8. The van der Waals surface area contributed by atoms with Gasteiger partial charge in [0.1, 0.15) is 0 Å². The zero-order chi connectivity index (χ0) is 14.4. The van der Waals surface area contributed by atoms with Crippen LogP contribution in [0.15, 0.2) is 21.5 Å². The van der Waals surface area contributed by atoms with Crippen molar-refractivity contribution >= 4 is 21.6 Å². The number of halogens is 1. The summed E-state index contributed by atoms with van der Waals surface area (Å²) in [5.41, 5.74) is -1.23. The largest absolute Gasteiger partial charge is 0.390 e. The van der Waals surface area contributed by atoms with E-state index in [2.05, 4.69) is 21.2 Å². The molecule has 0 aliphatic heterocycles. The fourth-order valence-electron chi connectivity index (χ4n) is 1.59. The monoisotopic (exact) mass is 333 g/mol. The van der Waals surface area contributed by atoms with Gasteiger partial charge < -0.3 is 15.0 Å². The van der Waals surface area contributed by atoms with Crippen molar-refractivity contribution in [3.05, 3.63) is 37.2 Å². The Morgan fingerprint density at radius 2 is 2.32 bits per heavy atom. The van der Waals surface area contributed by atoms with Gasteiger partial charge in [-0.3, -0.25) is 14.9 Å². The van der Waals surface area contributed by atoms with E-state index in [0.29, 0.717) is 11.0 Å². The number of nitrogens with zero attached hydrogens (tertiary/aromatic N) is 2. The van der Waals surface area contributed by atoms with Crippen molar-refractivity contribution in [2.24, 2.45) is 0 Å². The van der Waals surface area contributed by atoms with Crippen molar-refractivity contribution in [3.8, 4) is 0 Å². The molecule has 1 aromatic rings. The molecule has 1 heterocycles. The summed E-state index contributed by atoms with van der Waals surface area (Å²) in [5.74, 6) is 0. The third kappa shape index (κ3) is 4.73. The lowest BCUT2D eigenvalue weighted by atomic mass is 10.3. The summed E-state index contributed by atoms with van der Waals surface area (Å²) in [6.45, 7) is 3.11. The highest BCUT2D eigenvalue weighted by atomic mass is 79.9. The van der Waals surface area contributed by atoms with Crippen LogP contribution in [0.4, 0.5) is 5.69 Å². The first kappa shape index (κ1) is 15.8. The van der Waals surface area contributed by atoms with Crippen molar-refractivity contribution in [2.75, 3.05) is 13.1 Å². The Morgan fingerprint density at radius 3 is 2.89 bits per heavy atom. The fourth-order valence-corrected chi connectivity index (χ4v) is 2.05. The molecular weight excluding hydrogens is 318 g/mol. The van der Waals surface area contributed by atoms with Gasteiger partial charge in [-0.1, -0.05) is 6.92 Å². The van der Waals surface area contributed by atoms with E-state index in [4.69, 9.17) is 0 Å². The summed E-state index contributed by atoms with van der Waals surface area (Å²) < 4.78 is 1.56. The summed E-state index contributed by atoms with van der Waals surface area (Å²) in [7, 11) is 0. The van der Waals surface area contributed by atoms with Crippen LogP contribution >= 0.6 is 15.9 Å². The molecule has 0 spiro atoms. The Balaban J connectivity index is 2.83. The predicted molar refractivity (Wildman–Crippen MR) is 74.2 cm³/mol. The SMILES string of the molecule is CCCNCC(O)Cn1cc(Br)cc([N+](=O)[O-])c1=O. The number of aliphatic hydroxyl groups excluding tert-OH is 1. The van der Waals surface area contributed by atoms with Gasteiger partial charge in [-0.15, -0.1) is 0 Å². The molecule has 1 rings (SSSR count). The fraction of sp³-hybridized carbons (Fsp3) is 0.545. The number of pyridine rings is 1. The lowest BCUT2D eigenvalue weighted by Gasteiger charge is -2.13. The quantitative estimate of drug-likeness (QED) is 0.438. The molecule has 1 atom stereocenters. The van der Waals surface area contributed by atoms with Crippen molar-refractivity contribution in [2.45, 2.75) is 26.0 Å². The van der Waals surface area contributed by atoms with Crippen molar-refractivity contribution in [1.29, 1.82) is 0 Å². The molecule has 0 saturated carbocycles. The molecule has 2 N–H and O–H groups in total. The molecular formula is C11H16BrN3O4. The molecule has 0 aliphatic carbocycles. The van der Waals surface area contributed by atoms with Crippen LogP contribution in [-0.2, 0) is 6.54 Å². The second kappa shape index (κ2) is 7.37. The second-order valence-electron chi connectivity index (χ2n) is 4.12. The number of hydrogen-bond donors (Lipinski definition) is 2. The highest BCUT2D eigenvalue weighted by Gasteiger charge is 2.17. The highest BCUT2D eigenvalue weighted by Crippen LogP contribution is 2.13. The van der Waals surface area contributed by atoms with Crippen LogP contribution in [0.5, 0.6) is 0 Å². The lowest BCUT2D eigenvalue weighted by molar-refractivity contribution is -0.386. The van der Waals surface area contributed by atoms with Crippen LogP contribution < -0.4 is 10.9 Å². The number of hydrogen-bond acceptors (Lipinski definition) is 5. The van der Waals surface area contributed by atoms with Crippen LogP contribution in [-0.4, -0.2) is 33.8 Å². The Labute approximate surface area is 118 Å². The third-order valence-electron chi connectivity index (χ3n) is 2.44. The van der Waals surface area contributed by atoms with E-state index in [-0.39, 0.29) is 6.54 Å². The number of nitro groups is 1. The van der Waals surface area contributed by atoms with Gasteiger partial charge >= 0.3 is 11.2 Å². The number of aromatic nitrogens is 1. The summed E-state index contributed by atoms with van der Waals surface area (Å²) >= 11 is 3.11. The predicted octanol–water partition coefficient (Wildman–Crippen LogP) is 0.879. The Kier molecular flexibility index (Phi) is 6.13. The van der Waals surface area contributed by atoms with Crippen LogP contribution in [0, 0.1) is 10.1 Å². The summed E-state index contributed by atoms with van der Waals surface area (Å²) in [4.78, 5) is 21.8. The normalized spacial score (nSPS) is 12.4. The van der Waals surface area contributed by atoms with E-state index in [1.807, 2.05) is 6.92 Å². The maximum Gasteiger partial charge on any atom is 0.335 e. The van der Waals surface area contributed by atoms with E-state index in [9.17, 15) is 20.0 Å². The minimum atomic E-state index is -0.779. The first-order valence-electron chi connectivity index (χ1n) is 5.88.